The zero-order chi connectivity index (χ0) is 34.8. The van der Waals surface area contributed by atoms with Gasteiger partial charge >= 0.3 is 0 Å². The van der Waals surface area contributed by atoms with Crippen LogP contribution in [0.5, 0.6) is 0 Å². The van der Waals surface area contributed by atoms with E-state index in [2.05, 4.69) is 160 Å². The second kappa shape index (κ2) is 10.2. The van der Waals surface area contributed by atoms with Crippen LogP contribution in [0.4, 0.5) is 0 Å². The van der Waals surface area contributed by atoms with E-state index in [1.54, 1.807) is 0 Å². The minimum atomic E-state index is -0.538. The van der Waals surface area contributed by atoms with Gasteiger partial charge in [-0.15, -0.1) is 0 Å². The van der Waals surface area contributed by atoms with Crippen LogP contribution in [0, 0.1) is 27.7 Å². The highest BCUT2D eigenvalue weighted by atomic mass is 16.5. The third-order valence-electron chi connectivity index (χ3n) is 12.0. The van der Waals surface area contributed by atoms with Crippen molar-refractivity contribution in [2.75, 3.05) is 0 Å². The standard InChI is InChI=1S/C45H47N3O/c1-26-20-29(4)40-35(21-26)44(10)45(11,43(40,8)9)49-41(47-44)34-25-38(28(3)22-27(34)2)48-37-15-13-12-14-32(37)33-17-16-30(23-39(33)48)36-24-31(18-19-46-36)42(5,6)7/h12-25H,1-11H3/t44-,45+/m1/s1. The molecule has 2 aromatic heterocycles. The molecule has 8 rings (SSSR count). The monoisotopic (exact) mass is 645 g/mol. The summed E-state index contributed by atoms with van der Waals surface area (Å²) in [6, 6.07) is 29.1. The van der Waals surface area contributed by atoms with Gasteiger partial charge in [0.1, 0.15) is 11.1 Å². The van der Waals surface area contributed by atoms with E-state index in [9.17, 15) is 0 Å². The van der Waals surface area contributed by atoms with Crippen LogP contribution < -0.4 is 0 Å². The van der Waals surface area contributed by atoms with Crippen molar-refractivity contribution >= 4 is 27.7 Å². The summed E-state index contributed by atoms with van der Waals surface area (Å²) < 4.78 is 9.59. The third kappa shape index (κ3) is 4.28. The number of fused-ring (bicyclic) bond motifs is 6. The van der Waals surface area contributed by atoms with Crippen LogP contribution in [0.1, 0.15) is 93.0 Å². The summed E-state index contributed by atoms with van der Waals surface area (Å²) in [4.78, 5) is 10.4. The van der Waals surface area contributed by atoms with E-state index in [1.807, 2.05) is 6.20 Å². The molecule has 4 nitrogen and oxygen atoms in total. The van der Waals surface area contributed by atoms with Crippen LogP contribution in [0.3, 0.4) is 0 Å². The van der Waals surface area contributed by atoms with E-state index < -0.39 is 11.1 Å². The number of para-hydroxylation sites is 1. The molecular formula is C45H47N3O. The number of aryl methyl sites for hydroxylation is 4. The van der Waals surface area contributed by atoms with E-state index in [-0.39, 0.29) is 10.8 Å². The topological polar surface area (TPSA) is 39.4 Å². The number of rotatable bonds is 3. The molecule has 1 aliphatic heterocycles. The Bertz CT molecular complexity index is 2400. The summed E-state index contributed by atoms with van der Waals surface area (Å²) in [6.07, 6.45) is 1.94. The molecule has 4 aromatic carbocycles. The quantitative estimate of drug-likeness (QED) is 0.192. The SMILES string of the molecule is Cc1cc(C)c2c(c1)[C@@]1(C)N=C(c3cc(-n4c5ccccc5c5ccc(-c6cc(C(C)(C)C)ccn6)cc54)c(C)cc3C)O[C@@]1(C)C2(C)C. The molecule has 0 spiro atoms. The van der Waals surface area contributed by atoms with Gasteiger partial charge in [0.25, 0.3) is 0 Å². The average Bonchev–Trinajstić information content (AvgIpc) is 3.56. The molecule has 0 saturated carbocycles. The largest absolute Gasteiger partial charge is 0.467 e. The molecule has 2 atom stereocenters. The number of hydrogen-bond donors (Lipinski definition) is 0. The van der Waals surface area contributed by atoms with Crippen molar-refractivity contribution in [3.8, 4) is 16.9 Å². The van der Waals surface area contributed by atoms with Crippen LogP contribution >= 0.6 is 0 Å². The molecule has 6 aromatic rings. The van der Waals surface area contributed by atoms with Crippen LogP contribution in [-0.2, 0) is 21.1 Å². The van der Waals surface area contributed by atoms with Gasteiger partial charge in [0.2, 0.25) is 5.90 Å². The van der Waals surface area contributed by atoms with Gasteiger partial charge in [-0.1, -0.05) is 88.7 Å². The highest BCUT2D eigenvalue weighted by Gasteiger charge is 2.68. The Kier molecular flexibility index (Phi) is 6.55. The van der Waals surface area contributed by atoms with E-state index in [1.165, 1.54) is 49.7 Å². The van der Waals surface area contributed by atoms with Crippen molar-refractivity contribution in [2.45, 2.75) is 98.1 Å². The third-order valence-corrected chi connectivity index (χ3v) is 12.0. The first kappa shape index (κ1) is 31.6. The summed E-state index contributed by atoms with van der Waals surface area (Å²) in [6.45, 7) is 24.7. The first-order valence-electron chi connectivity index (χ1n) is 17.6. The van der Waals surface area contributed by atoms with Gasteiger partial charge < -0.3 is 9.30 Å². The van der Waals surface area contributed by atoms with Crippen molar-refractivity contribution in [1.82, 2.24) is 9.55 Å². The fourth-order valence-electron chi connectivity index (χ4n) is 8.97. The lowest BCUT2D eigenvalue weighted by Crippen LogP contribution is -2.51. The first-order valence-corrected chi connectivity index (χ1v) is 17.6. The van der Waals surface area contributed by atoms with E-state index in [0.29, 0.717) is 0 Å². The second-order valence-electron chi connectivity index (χ2n) is 16.5. The van der Waals surface area contributed by atoms with E-state index >= 15 is 0 Å². The molecule has 4 heteroatoms. The van der Waals surface area contributed by atoms with Gasteiger partial charge in [0.05, 0.1) is 16.7 Å². The molecule has 0 radical (unpaired) electrons. The number of pyridine rings is 1. The maximum absolute atomic E-state index is 7.17. The van der Waals surface area contributed by atoms with E-state index in [0.717, 1.165) is 39.5 Å². The lowest BCUT2D eigenvalue weighted by molar-refractivity contribution is -0.0137. The molecule has 1 aliphatic carbocycles. The molecule has 248 valence electrons. The Hall–Kier alpha value is -4.70. The predicted molar refractivity (Wildman–Crippen MR) is 205 cm³/mol. The Morgan fingerprint density at radius 3 is 2.20 bits per heavy atom. The smallest absolute Gasteiger partial charge is 0.218 e. The predicted octanol–water partition coefficient (Wildman–Crippen LogP) is 11.1. The number of benzene rings is 4. The van der Waals surface area contributed by atoms with Crippen molar-refractivity contribution in [3.63, 3.8) is 0 Å². The minimum absolute atomic E-state index is 0.0404. The Labute approximate surface area is 290 Å². The molecule has 0 bridgehead atoms. The molecule has 0 saturated heterocycles. The lowest BCUT2D eigenvalue weighted by atomic mass is 9.70. The average molecular weight is 646 g/mol. The molecule has 0 N–H and O–H groups in total. The summed E-state index contributed by atoms with van der Waals surface area (Å²) in [5, 5.41) is 2.45. The molecule has 3 heterocycles. The molecule has 2 aliphatic rings. The van der Waals surface area contributed by atoms with Crippen LogP contribution in [0.15, 0.2) is 90.1 Å². The number of aliphatic imine (C=N–C) groups is 1. The van der Waals surface area contributed by atoms with Gasteiger partial charge in [-0.2, -0.15) is 0 Å². The first-order chi connectivity index (χ1) is 23.0. The molecule has 0 unspecified atom stereocenters. The fourth-order valence-corrected chi connectivity index (χ4v) is 8.97. The van der Waals surface area contributed by atoms with Crippen LogP contribution in [0.25, 0.3) is 38.8 Å². The lowest BCUT2D eigenvalue weighted by Gasteiger charge is -2.41. The summed E-state index contributed by atoms with van der Waals surface area (Å²) in [5.41, 5.74) is 14.2. The summed E-state index contributed by atoms with van der Waals surface area (Å²) in [7, 11) is 0. The number of hydrogen-bond acceptors (Lipinski definition) is 3. The van der Waals surface area contributed by atoms with Crippen molar-refractivity contribution < 1.29 is 4.74 Å². The number of nitrogens with zero attached hydrogens (tertiary/aromatic N) is 3. The van der Waals surface area contributed by atoms with Crippen molar-refractivity contribution in [2.24, 2.45) is 4.99 Å². The zero-order valence-corrected chi connectivity index (χ0v) is 30.8. The van der Waals surface area contributed by atoms with Crippen LogP contribution in [-0.4, -0.2) is 21.0 Å². The second-order valence-corrected chi connectivity index (χ2v) is 16.5. The van der Waals surface area contributed by atoms with Gasteiger partial charge in [-0.25, -0.2) is 4.99 Å². The van der Waals surface area contributed by atoms with Crippen molar-refractivity contribution in [1.29, 1.82) is 0 Å². The Balaban J connectivity index is 1.33. The molecular weight excluding hydrogens is 599 g/mol. The molecule has 49 heavy (non-hydrogen) atoms. The highest BCUT2D eigenvalue weighted by Crippen LogP contribution is 2.62. The normalized spacial score (nSPS) is 21.2. The number of ether oxygens (including phenoxy) is 1. The van der Waals surface area contributed by atoms with Gasteiger partial charge in [-0.3, -0.25) is 4.98 Å². The highest BCUT2D eigenvalue weighted by molar-refractivity contribution is 6.10. The molecule has 0 amide bonds. The summed E-state index contributed by atoms with van der Waals surface area (Å²) >= 11 is 0. The Morgan fingerprint density at radius 1 is 0.714 bits per heavy atom. The zero-order valence-electron chi connectivity index (χ0n) is 30.8. The van der Waals surface area contributed by atoms with Gasteiger partial charge in [0.15, 0.2) is 0 Å². The number of aromatic nitrogens is 2. The van der Waals surface area contributed by atoms with Gasteiger partial charge in [0, 0.05) is 39.2 Å². The maximum atomic E-state index is 7.17. The van der Waals surface area contributed by atoms with Gasteiger partial charge in [-0.05, 0) is 111 Å². The minimum Gasteiger partial charge on any atom is -0.467 e. The summed E-state index contributed by atoms with van der Waals surface area (Å²) in [5.74, 6) is 0.728. The Morgan fingerprint density at radius 2 is 1.45 bits per heavy atom. The van der Waals surface area contributed by atoms with Crippen molar-refractivity contribution in [3.05, 3.63) is 130 Å². The fraction of sp³-hybridized carbons (Fsp3) is 0.333. The van der Waals surface area contributed by atoms with Crippen LogP contribution in [0.2, 0.25) is 0 Å². The van der Waals surface area contributed by atoms with E-state index in [4.69, 9.17) is 14.7 Å². The molecule has 0 fully saturated rings. The maximum Gasteiger partial charge on any atom is 0.218 e.